The van der Waals surface area contributed by atoms with Crippen LogP contribution in [0.1, 0.15) is 33.6 Å². The first-order valence-electron chi connectivity index (χ1n) is 7.10. The minimum Gasteiger partial charge on any atom is -0.308 e. The summed E-state index contributed by atoms with van der Waals surface area (Å²) in [6, 6.07) is 7.91. The summed E-state index contributed by atoms with van der Waals surface area (Å²) in [5.74, 6) is -0.0669. The Bertz CT molecular complexity index is 712. The molecule has 21 heavy (non-hydrogen) atoms. The summed E-state index contributed by atoms with van der Waals surface area (Å²) in [6.07, 6.45) is 3.56. The van der Waals surface area contributed by atoms with Crippen molar-refractivity contribution in [3.05, 3.63) is 57.9 Å². The molecule has 3 nitrogen and oxygen atoms in total. The molecule has 0 radical (unpaired) electrons. The molecule has 0 unspecified atom stereocenters. The van der Waals surface area contributed by atoms with Gasteiger partial charge in [0.1, 0.15) is 0 Å². The Morgan fingerprint density at radius 1 is 1.33 bits per heavy atom. The number of carbonyl (C=O) groups excluding carboxylic acids is 1. The predicted molar refractivity (Wildman–Crippen MR) is 85.2 cm³/mol. The highest BCUT2D eigenvalue weighted by Crippen LogP contribution is 2.32. The first-order chi connectivity index (χ1) is 10.1. The predicted octanol–water partition coefficient (Wildman–Crippen LogP) is 3.94. The second-order valence-corrected chi connectivity index (χ2v) is 5.86. The van der Waals surface area contributed by atoms with Crippen LogP contribution in [0.15, 0.2) is 30.5 Å². The van der Waals surface area contributed by atoms with Crippen LogP contribution in [0.25, 0.3) is 0 Å². The summed E-state index contributed by atoms with van der Waals surface area (Å²) in [7, 11) is 0. The first-order valence-corrected chi connectivity index (χ1v) is 7.48. The number of aryl methyl sites for hydroxylation is 3. The highest BCUT2D eigenvalue weighted by Gasteiger charge is 2.26. The fraction of sp³-hybridized carbons (Fsp3) is 0.294. The van der Waals surface area contributed by atoms with Gasteiger partial charge in [-0.05, 0) is 43.9 Å². The molecule has 1 aromatic heterocycles. The number of hydrogen-bond acceptors (Lipinski definition) is 2. The molecule has 1 aromatic carbocycles. The maximum absolute atomic E-state index is 12.8. The van der Waals surface area contributed by atoms with Crippen LogP contribution < -0.4 is 4.90 Å². The third kappa shape index (κ3) is 2.54. The van der Waals surface area contributed by atoms with E-state index in [1.54, 1.807) is 12.3 Å². The number of nitrogens with zero attached hydrogens (tertiary/aromatic N) is 2. The van der Waals surface area contributed by atoms with Crippen LogP contribution in [0.2, 0.25) is 5.02 Å². The Morgan fingerprint density at radius 2 is 2.14 bits per heavy atom. The van der Waals surface area contributed by atoms with E-state index in [2.05, 4.69) is 11.1 Å². The van der Waals surface area contributed by atoms with Crippen LogP contribution in [0, 0.1) is 13.8 Å². The van der Waals surface area contributed by atoms with Gasteiger partial charge in [-0.25, -0.2) is 0 Å². The van der Waals surface area contributed by atoms with Crippen molar-refractivity contribution in [2.75, 3.05) is 11.4 Å². The Morgan fingerprint density at radius 3 is 2.90 bits per heavy atom. The van der Waals surface area contributed by atoms with E-state index in [0.717, 1.165) is 36.3 Å². The molecule has 1 amide bonds. The highest BCUT2D eigenvalue weighted by molar-refractivity contribution is 6.34. The van der Waals surface area contributed by atoms with Crippen LogP contribution in [0.3, 0.4) is 0 Å². The number of pyridine rings is 1. The zero-order valence-electron chi connectivity index (χ0n) is 12.2. The van der Waals surface area contributed by atoms with Gasteiger partial charge in [0.2, 0.25) is 0 Å². The van der Waals surface area contributed by atoms with E-state index < -0.39 is 0 Å². The van der Waals surface area contributed by atoms with Crippen LogP contribution in [-0.4, -0.2) is 17.4 Å². The van der Waals surface area contributed by atoms with Crippen molar-refractivity contribution in [3.8, 4) is 0 Å². The molecule has 0 N–H and O–H groups in total. The second kappa shape index (κ2) is 5.49. The molecule has 3 rings (SSSR count). The van der Waals surface area contributed by atoms with E-state index in [1.165, 1.54) is 5.56 Å². The molecule has 2 aromatic rings. The largest absolute Gasteiger partial charge is 0.308 e. The smallest absolute Gasteiger partial charge is 0.261 e. The summed E-state index contributed by atoms with van der Waals surface area (Å²) < 4.78 is 0. The highest BCUT2D eigenvalue weighted by atomic mass is 35.5. The van der Waals surface area contributed by atoms with Crippen molar-refractivity contribution in [2.24, 2.45) is 0 Å². The molecule has 0 saturated carbocycles. The Balaban J connectivity index is 2.04. The number of rotatable bonds is 1. The van der Waals surface area contributed by atoms with Gasteiger partial charge in [-0.2, -0.15) is 0 Å². The number of aromatic nitrogens is 1. The van der Waals surface area contributed by atoms with Gasteiger partial charge in [-0.15, -0.1) is 0 Å². The topological polar surface area (TPSA) is 33.2 Å². The number of anilines is 1. The van der Waals surface area contributed by atoms with Gasteiger partial charge in [-0.1, -0.05) is 29.8 Å². The lowest BCUT2D eigenvalue weighted by Gasteiger charge is -2.31. The van der Waals surface area contributed by atoms with Crippen molar-refractivity contribution in [2.45, 2.75) is 26.7 Å². The van der Waals surface area contributed by atoms with Crippen LogP contribution in [-0.2, 0) is 6.42 Å². The maximum atomic E-state index is 12.8. The van der Waals surface area contributed by atoms with E-state index >= 15 is 0 Å². The van der Waals surface area contributed by atoms with E-state index in [9.17, 15) is 4.79 Å². The fourth-order valence-electron chi connectivity index (χ4n) is 2.88. The van der Waals surface area contributed by atoms with Gasteiger partial charge in [-0.3, -0.25) is 9.78 Å². The van der Waals surface area contributed by atoms with Gasteiger partial charge in [0.05, 0.1) is 16.3 Å². The molecule has 0 spiro atoms. The molecular formula is C17H17ClN2O. The number of hydrogen-bond donors (Lipinski definition) is 0. The molecule has 0 saturated heterocycles. The van der Waals surface area contributed by atoms with Crippen LogP contribution >= 0.6 is 11.6 Å². The van der Waals surface area contributed by atoms with Crippen molar-refractivity contribution >= 4 is 23.2 Å². The molecule has 1 aliphatic heterocycles. The summed E-state index contributed by atoms with van der Waals surface area (Å²) in [6.45, 7) is 4.63. The Labute approximate surface area is 129 Å². The summed E-state index contributed by atoms with van der Waals surface area (Å²) >= 11 is 6.22. The Kier molecular flexibility index (Phi) is 3.68. The van der Waals surface area contributed by atoms with E-state index in [0.29, 0.717) is 10.6 Å². The van der Waals surface area contributed by atoms with Gasteiger partial charge in [0.15, 0.2) is 0 Å². The SMILES string of the molecule is Cc1cc(Cl)c(C(=O)N2CCCc3cccc(C)c32)cn1. The molecule has 108 valence electrons. The van der Waals surface area contributed by atoms with Crippen LogP contribution in [0.4, 0.5) is 5.69 Å². The zero-order chi connectivity index (χ0) is 15.0. The molecule has 0 fully saturated rings. The van der Waals surface area contributed by atoms with E-state index in [1.807, 2.05) is 30.9 Å². The normalized spacial score (nSPS) is 14.0. The van der Waals surface area contributed by atoms with Gasteiger partial charge in [0.25, 0.3) is 5.91 Å². The first kappa shape index (κ1) is 14.1. The lowest BCUT2D eigenvalue weighted by atomic mass is 9.97. The van der Waals surface area contributed by atoms with Gasteiger partial charge < -0.3 is 4.90 Å². The average molecular weight is 301 g/mol. The number of fused-ring (bicyclic) bond motifs is 1. The zero-order valence-corrected chi connectivity index (χ0v) is 12.9. The van der Waals surface area contributed by atoms with Crippen molar-refractivity contribution in [3.63, 3.8) is 0 Å². The minimum atomic E-state index is -0.0669. The average Bonchev–Trinajstić information content (AvgIpc) is 2.46. The van der Waals surface area contributed by atoms with Gasteiger partial charge >= 0.3 is 0 Å². The third-order valence-electron chi connectivity index (χ3n) is 3.88. The van der Waals surface area contributed by atoms with Crippen molar-refractivity contribution < 1.29 is 4.79 Å². The maximum Gasteiger partial charge on any atom is 0.261 e. The second-order valence-electron chi connectivity index (χ2n) is 5.45. The lowest BCUT2D eigenvalue weighted by molar-refractivity contribution is 0.0984. The molecule has 1 aliphatic rings. The molecule has 2 heterocycles. The molecule has 0 atom stereocenters. The Hall–Kier alpha value is -1.87. The number of para-hydroxylation sites is 1. The van der Waals surface area contributed by atoms with Crippen LogP contribution in [0.5, 0.6) is 0 Å². The molecule has 4 heteroatoms. The van der Waals surface area contributed by atoms with Crippen molar-refractivity contribution in [1.29, 1.82) is 0 Å². The van der Waals surface area contributed by atoms with E-state index in [4.69, 9.17) is 11.6 Å². The summed E-state index contributed by atoms with van der Waals surface area (Å²) in [5, 5.41) is 0.466. The number of amides is 1. The summed E-state index contributed by atoms with van der Waals surface area (Å²) in [5.41, 5.74) is 4.66. The fourth-order valence-corrected chi connectivity index (χ4v) is 3.17. The molecular weight excluding hydrogens is 284 g/mol. The molecule has 0 aliphatic carbocycles. The summed E-state index contributed by atoms with van der Waals surface area (Å²) in [4.78, 5) is 18.9. The minimum absolute atomic E-state index is 0.0669. The number of benzene rings is 1. The number of halogens is 1. The number of carbonyl (C=O) groups is 1. The quantitative estimate of drug-likeness (QED) is 0.799. The monoisotopic (exact) mass is 300 g/mol. The van der Waals surface area contributed by atoms with Gasteiger partial charge in [0, 0.05) is 18.4 Å². The third-order valence-corrected chi connectivity index (χ3v) is 4.20. The molecule has 0 bridgehead atoms. The standard InChI is InChI=1S/C17H17ClN2O/c1-11-5-3-6-13-7-4-8-20(16(11)13)17(21)14-10-19-12(2)9-15(14)18/h3,5-6,9-10H,4,7-8H2,1-2H3. The van der Waals surface area contributed by atoms with E-state index in [-0.39, 0.29) is 5.91 Å². The lowest BCUT2D eigenvalue weighted by Crippen LogP contribution is -2.36. The van der Waals surface area contributed by atoms with Crippen molar-refractivity contribution in [1.82, 2.24) is 4.98 Å².